The zero-order valence-electron chi connectivity index (χ0n) is 15.2. The Balaban J connectivity index is 1.47. The molecule has 28 heavy (non-hydrogen) atoms. The van der Waals surface area contributed by atoms with Gasteiger partial charge in [-0.3, -0.25) is 9.89 Å². The third-order valence-electron chi connectivity index (χ3n) is 4.28. The van der Waals surface area contributed by atoms with E-state index in [1.165, 1.54) is 16.1 Å². The lowest BCUT2D eigenvalue weighted by Crippen LogP contribution is -2.17. The van der Waals surface area contributed by atoms with Gasteiger partial charge in [0.2, 0.25) is 5.95 Å². The van der Waals surface area contributed by atoms with Crippen molar-refractivity contribution in [3.05, 3.63) is 86.8 Å². The third kappa shape index (κ3) is 4.15. The van der Waals surface area contributed by atoms with Crippen molar-refractivity contribution in [1.82, 2.24) is 19.6 Å². The smallest absolute Gasteiger partial charge is 0.274 e. The SMILES string of the molecule is Cc1ccc(NCc2cc(=O)n3[nH]c(NCc4ccc(Cl)cc4)nc3n2)cc1. The first-order valence-corrected chi connectivity index (χ1v) is 9.22. The summed E-state index contributed by atoms with van der Waals surface area (Å²) >= 11 is 5.90. The fraction of sp³-hybridized carbons (Fsp3) is 0.150. The van der Waals surface area contributed by atoms with Gasteiger partial charge in [-0.05, 0) is 36.8 Å². The Kier molecular flexibility index (Phi) is 4.99. The van der Waals surface area contributed by atoms with Gasteiger partial charge in [0, 0.05) is 23.3 Å². The lowest BCUT2D eigenvalue weighted by atomic mass is 10.2. The maximum Gasteiger partial charge on any atom is 0.274 e. The van der Waals surface area contributed by atoms with E-state index in [9.17, 15) is 4.79 Å². The first-order valence-electron chi connectivity index (χ1n) is 8.84. The maximum atomic E-state index is 12.4. The van der Waals surface area contributed by atoms with Crippen LogP contribution >= 0.6 is 11.6 Å². The summed E-state index contributed by atoms with van der Waals surface area (Å²) in [6.45, 7) is 3.03. The van der Waals surface area contributed by atoms with Crippen LogP contribution in [0.2, 0.25) is 5.02 Å². The van der Waals surface area contributed by atoms with E-state index in [0.29, 0.717) is 35.5 Å². The van der Waals surface area contributed by atoms with Crippen LogP contribution in [0, 0.1) is 6.92 Å². The minimum Gasteiger partial charge on any atom is -0.379 e. The predicted molar refractivity (Wildman–Crippen MR) is 111 cm³/mol. The van der Waals surface area contributed by atoms with Crippen LogP contribution in [0.4, 0.5) is 11.6 Å². The predicted octanol–water partition coefficient (Wildman–Crippen LogP) is 3.60. The van der Waals surface area contributed by atoms with Crippen molar-refractivity contribution in [2.24, 2.45) is 0 Å². The second kappa shape index (κ2) is 7.74. The highest BCUT2D eigenvalue weighted by Gasteiger charge is 2.08. The lowest BCUT2D eigenvalue weighted by molar-refractivity contribution is 0.874. The van der Waals surface area contributed by atoms with Crippen molar-refractivity contribution in [1.29, 1.82) is 0 Å². The number of aromatic nitrogens is 4. The van der Waals surface area contributed by atoms with Crippen molar-refractivity contribution >= 4 is 29.0 Å². The number of fused-ring (bicyclic) bond motifs is 1. The highest BCUT2D eigenvalue weighted by molar-refractivity contribution is 6.30. The molecule has 0 fully saturated rings. The molecule has 2 aromatic carbocycles. The minimum atomic E-state index is -0.210. The van der Waals surface area contributed by atoms with Crippen molar-refractivity contribution in [3.8, 4) is 0 Å². The maximum absolute atomic E-state index is 12.4. The Morgan fingerprint density at radius 1 is 1.00 bits per heavy atom. The summed E-state index contributed by atoms with van der Waals surface area (Å²) in [7, 11) is 0. The highest BCUT2D eigenvalue weighted by Crippen LogP contribution is 2.12. The molecule has 2 aromatic heterocycles. The summed E-state index contributed by atoms with van der Waals surface area (Å²) in [6.07, 6.45) is 0. The Morgan fingerprint density at radius 3 is 2.50 bits per heavy atom. The summed E-state index contributed by atoms with van der Waals surface area (Å²) in [6, 6.07) is 17.1. The topological polar surface area (TPSA) is 87.1 Å². The average Bonchev–Trinajstić information content (AvgIpc) is 3.11. The van der Waals surface area contributed by atoms with E-state index in [4.69, 9.17) is 11.6 Å². The largest absolute Gasteiger partial charge is 0.379 e. The van der Waals surface area contributed by atoms with Crippen LogP contribution in [0.25, 0.3) is 5.78 Å². The van der Waals surface area contributed by atoms with Crippen LogP contribution in [0.5, 0.6) is 0 Å². The van der Waals surface area contributed by atoms with Crippen molar-refractivity contribution in [3.63, 3.8) is 0 Å². The van der Waals surface area contributed by atoms with Crippen LogP contribution in [0.1, 0.15) is 16.8 Å². The Bertz CT molecular complexity index is 1150. The molecular formula is C20H19ClN6O. The molecule has 0 radical (unpaired) electrons. The van der Waals surface area contributed by atoms with Gasteiger partial charge in [-0.2, -0.15) is 9.50 Å². The molecule has 0 unspecified atom stereocenters. The number of hydrogen-bond donors (Lipinski definition) is 3. The van der Waals surface area contributed by atoms with E-state index < -0.39 is 0 Å². The van der Waals surface area contributed by atoms with E-state index in [1.54, 1.807) is 0 Å². The second-order valence-corrected chi connectivity index (χ2v) is 6.93. The first kappa shape index (κ1) is 18.1. The van der Waals surface area contributed by atoms with Gasteiger partial charge in [-0.1, -0.05) is 41.4 Å². The molecule has 2 heterocycles. The van der Waals surface area contributed by atoms with Gasteiger partial charge in [-0.15, -0.1) is 0 Å². The fourth-order valence-corrected chi connectivity index (χ4v) is 2.88. The van der Waals surface area contributed by atoms with Gasteiger partial charge in [0.25, 0.3) is 11.3 Å². The van der Waals surface area contributed by atoms with Crippen LogP contribution in [-0.2, 0) is 13.1 Å². The van der Waals surface area contributed by atoms with E-state index in [1.807, 2.05) is 55.5 Å². The van der Waals surface area contributed by atoms with Crippen LogP contribution in [-0.4, -0.2) is 19.6 Å². The summed E-state index contributed by atoms with van der Waals surface area (Å²) in [4.78, 5) is 21.2. The van der Waals surface area contributed by atoms with Crippen molar-refractivity contribution in [2.75, 3.05) is 10.6 Å². The minimum absolute atomic E-state index is 0.210. The number of nitrogens with zero attached hydrogens (tertiary/aromatic N) is 3. The van der Waals surface area contributed by atoms with E-state index in [-0.39, 0.29) is 5.56 Å². The summed E-state index contributed by atoms with van der Waals surface area (Å²) < 4.78 is 1.32. The van der Waals surface area contributed by atoms with Gasteiger partial charge in [0.05, 0.1) is 12.2 Å². The van der Waals surface area contributed by atoms with E-state index >= 15 is 0 Å². The molecule has 4 aromatic rings. The molecule has 0 amide bonds. The number of aromatic amines is 1. The molecule has 0 aliphatic carbocycles. The molecule has 0 spiro atoms. The Labute approximate surface area is 166 Å². The molecule has 0 bridgehead atoms. The average molecular weight is 395 g/mol. The number of rotatable bonds is 6. The monoisotopic (exact) mass is 394 g/mol. The number of nitrogens with one attached hydrogen (secondary N) is 3. The molecule has 0 atom stereocenters. The van der Waals surface area contributed by atoms with Crippen LogP contribution in [0.3, 0.4) is 0 Å². The molecule has 142 valence electrons. The summed E-state index contributed by atoms with van der Waals surface area (Å²) in [5.41, 5.74) is 3.63. The van der Waals surface area contributed by atoms with Gasteiger partial charge in [-0.25, -0.2) is 4.98 Å². The van der Waals surface area contributed by atoms with Crippen LogP contribution in [0.15, 0.2) is 59.4 Å². The zero-order chi connectivity index (χ0) is 19.5. The molecule has 8 heteroatoms. The molecule has 0 aliphatic rings. The second-order valence-electron chi connectivity index (χ2n) is 6.49. The molecule has 4 rings (SSSR count). The van der Waals surface area contributed by atoms with E-state index in [0.717, 1.165) is 11.3 Å². The molecule has 0 saturated heterocycles. The number of aryl methyl sites for hydroxylation is 1. The number of benzene rings is 2. The lowest BCUT2D eigenvalue weighted by Gasteiger charge is -2.05. The number of halogens is 1. The normalized spacial score (nSPS) is 10.9. The third-order valence-corrected chi connectivity index (χ3v) is 4.53. The summed E-state index contributed by atoms with van der Waals surface area (Å²) in [5.74, 6) is 0.801. The summed E-state index contributed by atoms with van der Waals surface area (Å²) in [5, 5.41) is 10.0. The quantitative estimate of drug-likeness (QED) is 0.465. The van der Waals surface area contributed by atoms with Crippen molar-refractivity contribution < 1.29 is 0 Å². The fourth-order valence-electron chi connectivity index (χ4n) is 2.75. The van der Waals surface area contributed by atoms with Crippen LogP contribution < -0.4 is 16.2 Å². The standard InChI is InChI=1S/C20H19ClN6O/c1-13-2-8-16(9-3-13)22-12-17-10-18(28)27-20(24-17)25-19(26-27)23-11-14-4-6-15(21)7-5-14/h2-10,22H,11-12H2,1H3,(H2,23,24,25,26). The Hall–Kier alpha value is -3.32. The van der Waals surface area contributed by atoms with Gasteiger partial charge >= 0.3 is 0 Å². The van der Waals surface area contributed by atoms with E-state index in [2.05, 4.69) is 25.7 Å². The Morgan fingerprint density at radius 2 is 1.75 bits per heavy atom. The molecule has 7 nitrogen and oxygen atoms in total. The first-order chi connectivity index (χ1) is 13.6. The highest BCUT2D eigenvalue weighted by atomic mass is 35.5. The van der Waals surface area contributed by atoms with Crippen molar-refractivity contribution in [2.45, 2.75) is 20.0 Å². The molecule has 0 aliphatic heterocycles. The number of H-pyrrole nitrogens is 1. The number of hydrogen-bond acceptors (Lipinski definition) is 5. The molecular weight excluding hydrogens is 376 g/mol. The van der Waals surface area contributed by atoms with Gasteiger partial charge < -0.3 is 10.6 Å². The zero-order valence-corrected chi connectivity index (χ0v) is 16.0. The van der Waals surface area contributed by atoms with Gasteiger partial charge in [0.15, 0.2) is 0 Å². The number of anilines is 2. The van der Waals surface area contributed by atoms with Gasteiger partial charge in [0.1, 0.15) is 0 Å². The molecule has 0 saturated carbocycles. The molecule has 3 N–H and O–H groups in total.